The minimum atomic E-state index is -0.763. The summed E-state index contributed by atoms with van der Waals surface area (Å²) in [5, 5.41) is 27.4. The largest absolute Gasteiger partial charge is 0.508 e. The zero-order valence-corrected chi connectivity index (χ0v) is 13.3. The van der Waals surface area contributed by atoms with Crippen LogP contribution in [0.3, 0.4) is 0 Å². The Morgan fingerprint density at radius 3 is 2.75 bits per heavy atom. The Morgan fingerprint density at radius 1 is 1.20 bits per heavy atom. The van der Waals surface area contributed by atoms with Crippen LogP contribution in [0.25, 0.3) is 0 Å². The van der Waals surface area contributed by atoms with Gasteiger partial charge in [-0.25, -0.2) is 3.28 Å². The summed E-state index contributed by atoms with van der Waals surface area (Å²) in [6.45, 7) is 0. The van der Waals surface area contributed by atoms with Gasteiger partial charge in [0, 0.05) is 26.4 Å². The van der Waals surface area contributed by atoms with Gasteiger partial charge in [0.25, 0.3) is 0 Å². The number of anilines is 1. The van der Waals surface area contributed by atoms with Crippen LogP contribution in [-0.2, 0) is 0 Å². The number of aromatic hydroxyl groups is 1. The number of halogens is 1. The van der Waals surface area contributed by atoms with Crippen molar-refractivity contribution < 1.29 is 10.3 Å². The second-order valence-corrected chi connectivity index (χ2v) is 6.74. The standard InChI is InChI=1S/C13H15IN4O2/c1-17(2)12-9-10(19)6-7-11(12)15-16-13-5-3-4-8-18(20)14-13/h3-9,19-20H,1-2H3. The van der Waals surface area contributed by atoms with Crippen LogP contribution in [0.4, 0.5) is 11.4 Å². The summed E-state index contributed by atoms with van der Waals surface area (Å²) >= 11 is -0.763. The van der Waals surface area contributed by atoms with Crippen LogP contribution in [0, 0.1) is 0 Å². The molecule has 0 spiro atoms. The highest BCUT2D eigenvalue weighted by Gasteiger charge is 2.05. The smallest absolute Gasteiger partial charge is 0.137 e. The van der Waals surface area contributed by atoms with Gasteiger partial charge in [0.15, 0.2) is 0 Å². The first-order valence-corrected chi connectivity index (χ1v) is 7.88. The highest BCUT2D eigenvalue weighted by Crippen LogP contribution is 2.31. The Bertz CT molecular complexity index is 608. The Kier molecular flexibility index (Phi) is 4.85. The van der Waals surface area contributed by atoms with Gasteiger partial charge in [0.1, 0.15) is 15.1 Å². The molecule has 0 unspecified atom stereocenters. The third-order valence-corrected chi connectivity index (χ3v) is 4.31. The monoisotopic (exact) mass is 386 g/mol. The molecule has 2 rings (SSSR count). The average molecular weight is 386 g/mol. The van der Waals surface area contributed by atoms with Gasteiger partial charge in [0.2, 0.25) is 0 Å². The van der Waals surface area contributed by atoms with E-state index in [2.05, 4.69) is 10.2 Å². The van der Waals surface area contributed by atoms with E-state index in [-0.39, 0.29) is 5.75 Å². The molecule has 1 aliphatic rings. The van der Waals surface area contributed by atoms with Gasteiger partial charge < -0.3 is 10.0 Å². The molecule has 1 aromatic rings. The van der Waals surface area contributed by atoms with Crippen LogP contribution < -0.4 is 4.90 Å². The summed E-state index contributed by atoms with van der Waals surface area (Å²) in [4.78, 5) is 1.86. The highest BCUT2D eigenvalue weighted by molar-refractivity contribution is 14.2. The van der Waals surface area contributed by atoms with Crippen molar-refractivity contribution in [2.24, 2.45) is 10.2 Å². The maximum absolute atomic E-state index is 9.53. The second-order valence-electron chi connectivity index (χ2n) is 4.16. The first kappa shape index (κ1) is 14.7. The van der Waals surface area contributed by atoms with Gasteiger partial charge in [0.05, 0.1) is 26.7 Å². The maximum atomic E-state index is 9.53. The SMILES string of the molecule is CN(C)c1cc(O)ccc1N=NC1=IN(O)C=CC=C1. The number of nitrogens with zero attached hydrogens (tertiary/aromatic N) is 4. The zero-order valence-electron chi connectivity index (χ0n) is 11.1. The first-order valence-electron chi connectivity index (χ1n) is 5.83. The van der Waals surface area contributed by atoms with E-state index < -0.39 is 21.0 Å². The molecule has 7 heteroatoms. The number of hydroxylamine groups is 1. The van der Waals surface area contributed by atoms with Crippen molar-refractivity contribution >= 4 is 36.0 Å². The van der Waals surface area contributed by atoms with Crippen molar-refractivity contribution in [3.05, 3.63) is 42.6 Å². The second kappa shape index (κ2) is 6.62. The van der Waals surface area contributed by atoms with Crippen LogP contribution in [0.2, 0.25) is 0 Å². The fourth-order valence-corrected chi connectivity index (χ4v) is 2.93. The van der Waals surface area contributed by atoms with E-state index in [9.17, 15) is 10.3 Å². The van der Waals surface area contributed by atoms with Gasteiger partial charge in [-0.15, -0.1) is 10.2 Å². The molecular formula is C13H15IN4O2. The van der Waals surface area contributed by atoms with Gasteiger partial charge in [-0.1, -0.05) is 6.08 Å². The van der Waals surface area contributed by atoms with E-state index in [0.29, 0.717) is 5.69 Å². The number of allylic oxidation sites excluding steroid dienone is 2. The molecule has 0 amide bonds. The fourth-order valence-electron chi connectivity index (χ4n) is 1.51. The van der Waals surface area contributed by atoms with E-state index >= 15 is 0 Å². The minimum absolute atomic E-state index is 0.188. The highest BCUT2D eigenvalue weighted by atomic mass is 127. The Morgan fingerprint density at radius 2 is 2.00 bits per heavy atom. The first-order chi connectivity index (χ1) is 9.56. The number of phenols is 1. The van der Waals surface area contributed by atoms with Crippen molar-refractivity contribution in [1.82, 2.24) is 3.28 Å². The number of benzene rings is 1. The molecule has 0 aliphatic carbocycles. The van der Waals surface area contributed by atoms with Gasteiger partial charge in [-0.05, 0) is 24.3 Å². The van der Waals surface area contributed by atoms with Crippen LogP contribution in [0.5, 0.6) is 5.75 Å². The molecule has 0 radical (unpaired) electrons. The summed E-state index contributed by atoms with van der Waals surface area (Å²) in [5.74, 6) is 0.188. The number of phenolic OH excluding ortho intramolecular Hbond substituents is 1. The Hall–Kier alpha value is -1.74. The predicted octanol–water partition coefficient (Wildman–Crippen LogP) is 3.33. The van der Waals surface area contributed by atoms with Crippen LogP contribution in [0.1, 0.15) is 0 Å². The summed E-state index contributed by atoms with van der Waals surface area (Å²) in [7, 11) is 3.75. The lowest BCUT2D eigenvalue weighted by molar-refractivity contribution is 0.0928. The van der Waals surface area contributed by atoms with E-state index in [1.54, 1.807) is 30.5 Å². The molecule has 0 bridgehead atoms. The molecule has 0 saturated heterocycles. The van der Waals surface area contributed by atoms with E-state index in [1.165, 1.54) is 0 Å². The fraction of sp³-hybridized carbons (Fsp3) is 0.154. The molecule has 20 heavy (non-hydrogen) atoms. The summed E-state index contributed by atoms with van der Waals surface area (Å²) in [6.07, 6.45) is 6.99. The molecule has 0 saturated carbocycles. The topological polar surface area (TPSA) is 71.7 Å². The van der Waals surface area contributed by atoms with E-state index in [4.69, 9.17) is 0 Å². The maximum Gasteiger partial charge on any atom is 0.137 e. The molecule has 1 aliphatic heterocycles. The number of rotatable bonds is 3. The molecule has 0 aromatic heterocycles. The lowest BCUT2D eigenvalue weighted by Gasteiger charge is -2.14. The van der Waals surface area contributed by atoms with Crippen LogP contribution in [-0.4, -0.2) is 31.3 Å². The number of azo groups is 1. The van der Waals surface area contributed by atoms with Crippen LogP contribution >= 0.6 is 21.0 Å². The molecule has 1 heterocycles. The summed E-state index contributed by atoms with van der Waals surface area (Å²) < 4.78 is 1.89. The molecular weight excluding hydrogens is 371 g/mol. The van der Waals surface area contributed by atoms with Crippen molar-refractivity contribution in [3.8, 4) is 5.75 Å². The van der Waals surface area contributed by atoms with Gasteiger partial charge >= 0.3 is 0 Å². The quantitative estimate of drug-likeness (QED) is 0.475. The third-order valence-electron chi connectivity index (χ3n) is 2.42. The van der Waals surface area contributed by atoms with Gasteiger partial charge in [-0.2, -0.15) is 0 Å². The Labute approximate surface area is 127 Å². The van der Waals surface area contributed by atoms with E-state index in [0.717, 1.165) is 12.6 Å². The normalized spacial score (nSPS) is 14.9. The molecule has 0 fully saturated rings. The average Bonchev–Trinajstić information content (AvgIpc) is 2.61. The van der Waals surface area contributed by atoms with Crippen molar-refractivity contribution in [3.63, 3.8) is 0 Å². The van der Waals surface area contributed by atoms with Gasteiger partial charge in [-0.3, -0.25) is 5.21 Å². The number of hydrogen-bond donors (Lipinski definition) is 2. The third kappa shape index (κ3) is 3.87. The van der Waals surface area contributed by atoms with Crippen molar-refractivity contribution in [1.29, 1.82) is 0 Å². The zero-order chi connectivity index (χ0) is 14.5. The summed E-state index contributed by atoms with van der Waals surface area (Å²) in [5.41, 5.74) is 1.45. The molecule has 1 aromatic carbocycles. The van der Waals surface area contributed by atoms with Crippen molar-refractivity contribution in [2.45, 2.75) is 0 Å². The van der Waals surface area contributed by atoms with Crippen LogP contribution in [0.15, 0.2) is 52.9 Å². The minimum Gasteiger partial charge on any atom is -0.508 e. The lowest BCUT2D eigenvalue weighted by Crippen LogP contribution is -2.08. The molecule has 6 nitrogen and oxygen atoms in total. The number of hydrogen-bond acceptors (Lipinski definition) is 6. The van der Waals surface area contributed by atoms with E-state index in [1.807, 2.05) is 31.1 Å². The van der Waals surface area contributed by atoms with Crippen molar-refractivity contribution in [2.75, 3.05) is 19.0 Å². The molecule has 0 atom stereocenters. The lowest BCUT2D eigenvalue weighted by atomic mass is 10.2. The summed E-state index contributed by atoms with van der Waals surface area (Å²) in [6, 6.07) is 4.92. The Balaban J connectivity index is 2.28. The molecule has 106 valence electrons. The predicted molar refractivity (Wildman–Crippen MR) is 87.9 cm³/mol. The molecule has 2 N–H and O–H groups in total.